The third kappa shape index (κ3) is 10.0. The fraction of sp³-hybridized carbons (Fsp3) is 0.488. The summed E-state index contributed by atoms with van der Waals surface area (Å²) in [6.45, 7) is 4.91. The predicted molar refractivity (Wildman–Crippen MR) is 189 cm³/mol. The molecule has 0 unspecified atom stereocenters. The van der Waals surface area contributed by atoms with Gasteiger partial charge in [0.15, 0.2) is 0 Å². The normalized spacial score (nSPS) is 16.1. The van der Waals surface area contributed by atoms with E-state index in [4.69, 9.17) is 14.2 Å². The molecular formula is C41H53NO6. The van der Waals surface area contributed by atoms with Crippen molar-refractivity contribution in [3.05, 3.63) is 95.6 Å². The third-order valence-corrected chi connectivity index (χ3v) is 9.44. The SMILES string of the molecule is COc1ccc(C(OC[C@@H]2C[C@@H](C)CN2C(=O)CCCCCCC(=O)CCCCC(C)=O)(c2ccccc2)c2ccc(OC)cc2)cc1. The first kappa shape index (κ1) is 36.9. The van der Waals surface area contributed by atoms with Crippen LogP contribution in [0.1, 0.15) is 101 Å². The fourth-order valence-corrected chi connectivity index (χ4v) is 6.83. The summed E-state index contributed by atoms with van der Waals surface area (Å²) in [5.41, 5.74) is 2.01. The van der Waals surface area contributed by atoms with E-state index in [1.165, 1.54) is 0 Å². The van der Waals surface area contributed by atoms with E-state index >= 15 is 0 Å². The van der Waals surface area contributed by atoms with Gasteiger partial charge in [0, 0.05) is 32.2 Å². The number of likely N-dealkylation sites (tertiary alicyclic amines) is 1. The van der Waals surface area contributed by atoms with Crippen molar-refractivity contribution in [3.63, 3.8) is 0 Å². The van der Waals surface area contributed by atoms with Crippen molar-refractivity contribution in [1.29, 1.82) is 0 Å². The van der Waals surface area contributed by atoms with Crippen molar-refractivity contribution >= 4 is 17.5 Å². The topological polar surface area (TPSA) is 82.1 Å². The van der Waals surface area contributed by atoms with Crippen LogP contribution in [0.15, 0.2) is 78.9 Å². The second-order valence-corrected chi connectivity index (χ2v) is 13.2. The maximum atomic E-state index is 13.6. The number of unbranched alkanes of at least 4 members (excludes halogenated alkanes) is 4. The average Bonchev–Trinajstić information content (AvgIpc) is 3.49. The lowest BCUT2D eigenvalue weighted by Gasteiger charge is -2.38. The van der Waals surface area contributed by atoms with E-state index in [2.05, 4.69) is 43.3 Å². The second kappa shape index (κ2) is 18.5. The van der Waals surface area contributed by atoms with Crippen LogP contribution in [0.4, 0.5) is 0 Å². The molecule has 0 radical (unpaired) electrons. The van der Waals surface area contributed by atoms with Crippen LogP contribution >= 0.6 is 0 Å². The number of nitrogens with zero attached hydrogens (tertiary/aromatic N) is 1. The number of hydrogen-bond acceptors (Lipinski definition) is 6. The highest BCUT2D eigenvalue weighted by molar-refractivity contribution is 5.78. The molecular weight excluding hydrogens is 602 g/mol. The molecule has 258 valence electrons. The number of ether oxygens (including phenoxy) is 3. The van der Waals surface area contributed by atoms with Crippen LogP contribution in [-0.4, -0.2) is 55.8 Å². The molecule has 3 aromatic carbocycles. The molecule has 0 bridgehead atoms. The zero-order chi connectivity index (χ0) is 34.4. The molecule has 48 heavy (non-hydrogen) atoms. The van der Waals surface area contributed by atoms with Crippen LogP contribution < -0.4 is 9.47 Å². The lowest BCUT2D eigenvalue weighted by molar-refractivity contribution is -0.134. The smallest absolute Gasteiger partial charge is 0.222 e. The Hall–Kier alpha value is -3.97. The Labute approximate surface area is 287 Å². The molecule has 7 nitrogen and oxygen atoms in total. The summed E-state index contributed by atoms with van der Waals surface area (Å²) in [4.78, 5) is 38.8. The predicted octanol–water partition coefficient (Wildman–Crippen LogP) is 8.31. The number of Topliss-reactive ketones (excluding diaryl/α,β-unsaturated/α-hetero) is 2. The summed E-state index contributed by atoms with van der Waals surface area (Å²) < 4.78 is 18.1. The Morgan fingerprint density at radius 3 is 1.73 bits per heavy atom. The van der Waals surface area contributed by atoms with Crippen molar-refractivity contribution in [2.45, 2.75) is 96.1 Å². The van der Waals surface area contributed by atoms with Crippen LogP contribution in [-0.2, 0) is 24.7 Å². The van der Waals surface area contributed by atoms with Gasteiger partial charge in [-0.25, -0.2) is 0 Å². The molecule has 2 atom stereocenters. The largest absolute Gasteiger partial charge is 0.497 e. The molecule has 4 rings (SSSR count). The fourth-order valence-electron chi connectivity index (χ4n) is 6.83. The minimum atomic E-state index is -0.925. The number of rotatable bonds is 20. The van der Waals surface area contributed by atoms with E-state index in [9.17, 15) is 14.4 Å². The van der Waals surface area contributed by atoms with E-state index in [0.717, 1.165) is 79.7 Å². The Kier molecular flexibility index (Phi) is 14.2. The summed E-state index contributed by atoms with van der Waals surface area (Å²) >= 11 is 0. The lowest BCUT2D eigenvalue weighted by atomic mass is 9.80. The van der Waals surface area contributed by atoms with Gasteiger partial charge in [-0.3, -0.25) is 9.59 Å². The van der Waals surface area contributed by atoms with E-state index in [0.29, 0.717) is 38.2 Å². The van der Waals surface area contributed by atoms with Gasteiger partial charge in [0.1, 0.15) is 28.7 Å². The summed E-state index contributed by atoms with van der Waals surface area (Å²) in [5, 5.41) is 0. The highest BCUT2D eigenvalue weighted by atomic mass is 16.5. The zero-order valence-electron chi connectivity index (χ0n) is 29.2. The van der Waals surface area contributed by atoms with Gasteiger partial charge in [0.2, 0.25) is 5.91 Å². The maximum absolute atomic E-state index is 13.6. The number of ketones is 2. The van der Waals surface area contributed by atoms with Crippen LogP contribution in [0.25, 0.3) is 0 Å². The van der Waals surface area contributed by atoms with Gasteiger partial charge in [0.25, 0.3) is 0 Å². The molecule has 7 heteroatoms. The Morgan fingerprint density at radius 2 is 1.19 bits per heavy atom. The second-order valence-electron chi connectivity index (χ2n) is 13.2. The highest BCUT2D eigenvalue weighted by Crippen LogP contribution is 2.42. The number of carbonyl (C=O) groups excluding carboxylic acids is 3. The first-order valence-corrected chi connectivity index (χ1v) is 17.6. The summed E-state index contributed by atoms with van der Waals surface area (Å²) in [7, 11) is 3.32. The zero-order valence-corrected chi connectivity index (χ0v) is 29.2. The first-order chi connectivity index (χ1) is 23.3. The maximum Gasteiger partial charge on any atom is 0.222 e. The van der Waals surface area contributed by atoms with Crippen LogP contribution in [0.2, 0.25) is 0 Å². The molecule has 1 saturated heterocycles. The number of benzene rings is 3. The summed E-state index contributed by atoms with van der Waals surface area (Å²) in [6, 6.07) is 26.3. The molecule has 0 N–H and O–H groups in total. The van der Waals surface area contributed by atoms with Gasteiger partial charge < -0.3 is 23.9 Å². The average molecular weight is 656 g/mol. The van der Waals surface area contributed by atoms with E-state index in [1.54, 1.807) is 21.1 Å². The third-order valence-electron chi connectivity index (χ3n) is 9.44. The van der Waals surface area contributed by atoms with E-state index in [-0.39, 0.29) is 23.5 Å². The lowest BCUT2D eigenvalue weighted by Crippen LogP contribution is -2.42. The quantitative estimate of drug-likeness (QED) is 0.0900. The molecule has 1 aliphatic rings. The van der Waals surface area contributed by atoms with Gasteiger partial charge in [-0.1, -0.05) is 74.4 Å². The number of hydrogen-bond donors (Lipinski definition) is 0. The van der Waals surface area contributed by atoms with Crippen molar-refractivity contribution in [1.82, 2.24) is 4.90 Å². The minimum Gasteiger partial charge on any atom is -0.497 e. The molecule has 1 fully saturated rings. The van der Waals surface area contributed by atoms with Gasteiger partial charge >= 0.3 is 0 Å². The minimum absolute atomic E-state index is 0.0345. The molecule has 1 heterocycles. The van der Waals surface area contributed by atoms with Crippen molar-refractivity contribution in [3.8, 4) is 11.5 Å². The van der Waals surface area contributed by atoms with E-state index in [1.807, 2.05) is 47.4 Å². The van der Waals surface area contributed by atoms with E-state index < -0.39 is 5.60 Å². The molecule has 3 aromatic rings. The van der Waals surface area contributed by atoms with Crippen molar-refractivity contribution < 1.29 is 28.6 Å². The Morgan fingerprint density at radius 1 is 0.688 bits per heavy atom. The summed E-state index contributed by atoms with van der Waals surface area (Å²) in [6.07, 6.45) is 8.22. The number of amides is 1. The Bertz CT molecular complexity index is 1390. The van der Waals surface area contributed by atoms with Gasteiger partial charge in [0.05, 0.1) is 26.9 Å². The molecule has 0 aromatic heterocycles. The molecule has 0 spiro atoms. The standard InChI is InChI=1S/C41H53NO6/c1-31-28-36(42(29-31)40(45)19-11-6-5-10-17-37(44)18-13-12-14-32(2)43)30-48-41(33-15-8-7-9-16-33,34-20-24-38(46-3)25-21-34)35-22-26-39(47-4)27-23-35/h7-9,15-16,20-27,31,36H,5-6,10-14,17-19,28-30H2,1-4H3/t31-,36+/m1/s1. The number of carbonyl (C=O) groups is 3. The van der Waals surface area contributed by atoms with Crippen molar-refractivity contribution in [2.75, 3.05) is 27.4 Å². The Balaban J connectivity index is 1.42. The van der Waals surface area contributed by atoms with Crippen LogP contribution in [0.5, 0.6) is 11.5 Å². The van der Waals surface area contributed by atoms with Gasteiger partial charge in [-0.2, -0.15) is 0 Å². The van der Waals surface area contributed by atoms with Gasteiger partial charge in [-0.05, 0) is 85.9 Å². The molecule has 0 saturated carbocycles. The first-order valence-electron chi connectivity index (χ1n) is 17.6. The molecule has 1 amide bonds. The van der Waals surface area contributed by atoms with Crippen LogP contribution in [0, 0.1) is 5.92 Å². The number of methoxy groups -OCH3 is 2. The van der Waals surface area contributed by atoms with Crippen molar-refractivity contribution in [2.24, 2.45) is 5.92 Å². The van der Waals surface area contributed by atoms with Crippen LogP contribution in [0.3, 0.4) is 0 Å². The highest BCUT2D eigenvalue weighted by Gasteiger charge is 2.41. The summed E-state index contributed by atoms with van der Waals surface area (Å²) in [5.74, 6) is 2.56. The monoisotopic (exact) mass is 655 g/mol. The molecule has 1 aliphatic heterocycles. The van der Waals surface area contributed by atoms with Gasteiger partial charge in [-0.15, -0.1) is 0 Å². The molecule has 0 aliphatic carbocycles.